The summed E-state index contributed by atoms with van der Waals surface area (Å²) in [4.78, 5) is 2.64. The summed E-state index contributed by atoms with van der Waals surface area (Å²) in [6.45, 7) is 10.9. The lowest BCUT2D eigenvalue weighted by molar-refractivity contribution is 0.115. The number of rotatable bonds is 4. The molecule has 0 radical (unpaired) electrons. The number of likely N-dealkylation sites (tertiary alicyclic amines) is 1. The van der Waals surface area contributed by atoms with Crippen LogP contribution in [0, 0.1) is 17.3 Å². The van der Waals surface area contributed by atoms with Crippen molar-refractivity contribution in [2.75, 3.05) is 39.4 Å². The maximum absolute atomic E-state index is 5.99. The van der Waals surface area contributed by atoms with Crippen LogP contribution in [0.15, 0.2) is 0 Å². The van der Waals surface area contributed by atoms with Gasteiger partial charge in [0, 0.05) is 25.1 Å². The van der Waals surface area contributed by atoms with E-state index in [-0.39, 0.29) is 5.41 Å². The van der Waals surface area contributed by atoms with Gasteiger partial charge in [-0.05, 0) is 50.6 Å². The molecule has 0 aromatic rings. The van der Waals surface area contributed by atoms with Gasteiger partial charge in [-0.2, -0.15) is 0 Å². The summed E-state index contributed by atoms with van der Waals surface area (Å²) in [5.74, 6) is 1.76. The summed E-state index contributed by atoms with van der Waals surface area (Å²) in [5, 5.41) is 0. The van der Waals surface area contributed by atoms with E-state index in [0.29, 0.717) is 0 Å². The van der Waals surface area contributed by atoms with E-state index < -0.39 is 0 Å². The molecule has 0 aliphatic carbocycles. The van der Waals surface area contributed by atoms with Crippen molar-refractivity contribution in [1.29, 1.82) is 0 Å². The predicted molar refractivity (Wildman–Crippen MR) is 75.5 cm³/mol. The highest BCUT2D eigenvalue weighted by atomic mass is 16.5. The molecule has 0 spiro atoms. The molecule has 2 rings (SSSR count). The van der Waals surface area contributed by atoms with E-state index in [4.69, 9.17) is 10.5 Å². The van der Waals surface area contributed by atoms with Crippen LogP contribution in [0.5, 0.6) is 0 Å². The van der Waals surface area contributed by atoms with Gasteiger partial charge in [0.05, 0.1) is 6.61 Å². The van der Waals surface area contributed by atoms with Crippen LogP contribution in [0.3, 0.4) is 0 Å². The Labute approximate surface area is 112 Å². The van der Waals surface area contributed by atoms with Gasteiger partial charge in [-0.15, -0.1) is 0 Å². The minimum absolute atomic E-state index is 0.248. The SMILES string of the molecule is CC(C)C1CCCN(CC2(CN)CCOC2)CC1. The average Bonchev–Trinajstić information content (AvgIpc) is 2.69. The first kappa shape index (κ1) is 14.3. The Morgan fingerprint density at radius 2 is 2.17 bits per heavy atom. The molecule has 18 heavy (non-hydrogen) atoms. The van der Waals surface area contributed by atoms with E-state index in [2.05, 4.69) is 18.7 Å². The fourth-order valence-electron chi connectivity index (χ4n) is 3.48. The van der Waals surface area contributed by atoms with Gasteiger partial charge in [0.25, 0.3) is 0 Å². The molecule has 2 fully saturated rings. The van der Waals surface area contributed by atoms with Gasteiger partial charge in [0.15, 0.2) is 0 Å². The Kier molecular flexibility index (Phi) is 5.05. The van der Waals surface area contributed by atoms with Crippen LogP contribution in [0.4, 0.5) is 0 Å². The zero-order valence-electron chi connectivity index (χ0n) is 12.2. The predicted octanol–water partition coefficient (Wildman–Crippen LogP) is 2.11. The summed E-state index contributed by atoms with van der Waals surface area (Å²) < 4.78 is 5.58. The first-order valence-electron chi connectivity index (χ1n) is 7.65. The smallest absolute Gasteiger partial charge is 0.0547 e. The lowest BCUT2D eigenvalue weighted by atomic mass is 9.86. The Balaban J connectivity index is 1.86. The summed E-state index contributed by atoms with van der Waals surface area (Å²) in [5.41, 5.74) is 6.24. The minimum atomic E-state index is 0.248. The van der Waals surface area contributed by atoms with Crippen LogP contribution in [-0.2, 0) is 4.74 Å². The third-order valence-electron chi connectivity index (χ3n) is 4.99. The largest absolute Gasteiger partial charge is 0.381 e. The molecule has 3 nitrogen and oxygen atoms in total. The van der Waals surface area contributed by atoms with E-state index in [1.165, 1.54) is 32.4 Å². The molecule has 0 bridgehead atoms. The first-order valence-corrected chi connectivity index (χ1v) is 7.65. The standard InChI is InChI=1S/C15H30N2O/c1-13(2)14-4-3-7-17(8-5-14)11-15(10-16)6-9-18-12-15/h13-14H,3-12,16H2,1-2H3. The molecule has 2 atom stereocenters. The van der Waals surface area contributed by atoms with Crippen molar-refractivity contribution in [1.82, 2.24) is 4.90 Å². The second-order valence-corrected chi connectivity index (χ2v) is 6.72. The summed E-state index contributed by atoms with van der Waals surface area (Å²) in [7, 11) is 0. The second-order valence-electron chi connectivity index (χ2n) is 6.72. The molecule has 0 aromatic carbocycles. The van der Waals surface area contributed by atoms with E-state index >= 15 is 0 Å². The van der Waals surface area contributed by atoms with Crippen molar-refractivity contribution in [2.24, 2.45) is 23.0 Å². The molecule has 0 aromatic heterocycles. The van der Waals surface area contributed by atoms with E-state index in [1.54, 1.807) is 0 Å². The molecule has 2 aliphatic rings. The topological polar surface area (TPSA) is 38.5 Å². The molecule has 3 heteroatoms. The van der Waals surface area contributed by atoms with Gasteiger partial charge in [0.1, 0.15) is 0 Å². The highest BCUT2D eigenvalue weighted by Crippen LogP contribution is 2.31. The number of ether oxygens (including phenoxy) is 1. The van der Waals surface area contributed by atoms with Gasteiger partial charge >= 0.3 is 0 Å². The van der Waals surface area contributed by atoms with Gasteiger partial charge in [-0.3, -0.25) is 0 Å². The fourth-order valence-corrected chi connectivity index (χ4v) is 3.48. The minimum Gasteiger partial charge on any atom is -0.381 e. The summed E-state index contributed by atoms with van der Waals surface area (Å²) >= 11 is 0. The van der Waals surface area contributed by atoms with Crippen molar-refractivity contribution < 1.29 is 4.74 Å². The van der Waals surface area contributed by atoms with Crippen molar-refractivity contribution in [2.45, 2.75) is 39.5 Å². The molecule has 2 unspecified atom stereocenters. The van der Waals surface area contributed by atoms with Crippen molar-refractivity contribution in [3.63, 3.8) is 0 Å². The molecule has 106 valence electrons. The van der Waals surface area contributed by atoms with Crippen LogP contribution in [0.25, 0.3) is 0 Å². The molecule has 0 amide bonds. The Morgan fingerprint density at radius 1 is 1.33 bits per heavy atom. The number of nitrogens with zero attached hydrogens (tertiary/aromatic N) is 1. The van der Waals surface area contributed by atoms with Gasteiger partial charge in [0.2, 0.25) is 0 Å². The monoisotopic (exact) mass is 254 g/mol. The quantitative estimate of drug-likeness (QED) is 0.835. The second kappa shape index (κ2) is 6.36. The maximum atomic E-state index is 5.99. The van der Waals surface area contributed by atoms with Gasteiger partial charge in [-0.1, -0.05) is 13.8 Å². The third kappa shape index (κ3) is 3.46. The molecule has 2 N–H and O–H groups in total. The normalized spacial score (nSPS) is 35.0. The van der Waals surface area contributed by atoms with Crippen LogP contribution < -0.4 is 5.73 Å². The zero-order valence-corrected chi connectivity index (χ0v) is 12.2. The lowest BCUT2D eigenvalue weighted by Gasteiger charge is -2.32. The Hall–Kier alpha value is -0.120. The summed E-state index contributed by atoms with van der Waals surface area (Å²) in [6.07, 6.45) is 5.26. The molecular formula is C15H30N2O. The maximum Gasteiger partial charge on any atom is 0.0547 e. The number of hydrogen-bond acceptors (Lipinski definition) is 3. The Morgan fingerprint density at radius 3 is 2.78 bits per heavy atom. The highest BCUT2D eigenvalue weighted by molar-refractivity contribution is 4.88. The van der Waals surface area contributed by atoms with Crippen LogP contribution in [0.2, 0.25) is 0 Å². The average molecular weight is 254 g/mol. The number of nitrogens with two attached hydrogens (primary N) is 1. The van der Waals surface area contributed by atoms with Crippen LogP contribution >= 0.6 is 0 Å². The van der Waals surface area contributed by atoms with Gasteiger partial charge in [-0.25, -0.2) is 0 Å². The highest BCUT2D eigenvalue weighted by Gasteiger charge is 2.35. The zero-order chi connectivity index (χ0) is 13.0. The van der Waals surface area contributed by atoms with Crippen molar-refractivity contribution >= 4 is 0 Å². The molecule has 2 heterocycles. The Bertz CT molecular complexity index is 249. The van der Waals surface area contributed by atoms with E-state index in [0.717, 1.165) is 44.6 Å². The van der Waals surface area contributed by atoms with Crippen LogP contribution in [0.1, 0.15) is 39.5 Å². The molecular weight excluding hydrogens is 224 g/mol. The molecule has 2 aliphatic heterocycles. The lowest BCUT2D eigenvalue weighted by Crippen LogP contribution is -2.43. The van der Waals surface area contributed by atoms with Gasteiger partial charge < -0.3 is 15.4 Å². The summed E-state index contributed by atoms with van der Waals surface area (Å²) in [6, 6.07) is 0. The van der Waals surface area contributed by atoms with E-state index in [9.17, 15) is 0 Å². The molecule has 2 saturated heterocycles. The van der Waals surface area contributed by atoms with Crippen molar-refractivity contribution in [3.8, 4) is 0 Å². The third-order valence-corrected chi connectivity index (χ3v) is 4.99. The fraction of sp³-hybridized carbons (Fsp3) is 1.00. The van der Waals surface area contributed by atoms with E-state index in [1.807, 2.05) is 0 Å². The van der Waals surface area contributed by atoms with Crippen molar-refractivity contribution in [3.05, 3.63) is 0 Å². The first-order chi connectivity index (χ1) is 8.65. The number of hydrogen-bond donors (Lipinski definition) is 1. The molecule has 0 saturated carbocycles. The van der Waals surface area contributed by atoms with Crippen LogP contribution in [-0.4, -0.2) is 44.3 Å².